The molecule has 0 bridgehead atoms. The van der Waals surface area contributed by atoms with E-state index in [1.54, 1.807) is 0 Å². The quantitative estimate of drug-likeness (QED) is 0.0222. The molecule has 0 aliphatic heterocycles. The predicted molar refractivity (Wildman–Crippen MR) is 400 cm³/mol. The predicted octanol–water partition coefficient (Wildman–Crippen LogP) is 23.4. The Hall–Kier alpha value is -1.94. The molecule has 0 saturated heterocycles. The summed E-state index contributed by atoms with van der Waals surface area (Å²) in [7, 11) is -9.91. The Morgan fingerprint density at radius 2 is 0.469 bits per heavy atom. The molecule has 0 fully saturated rings. The summed E-state index contributed by atoms with van der Waals surface area (Å²) in [5, 5.41) is 10.6. The average molecular weight is 1440 g/mol. The van der Waals surface area contributed by atoms with Crippen molar-refractivity contribution in [3.05, 3.63) is 0 Å². The minimum absolute atomic E-state index is 0.102. The number of hydrogen-bond donors (Lipinski definition) is 3. The molecule has 0 aliphatic carbocycles. The van der Waals surface area contributed by atoms with Gasteiger partial charge in [-0.05, 0) is 43.4 Å². The lowest BCUT2D eigenvalue weighted by Crippen LogP contribution is -2.30. The van der Waals surface area contributed by atoms with Gasteiger partial charge in [0, 0.05) is 25.7 Å². The molecule has 0 aromatic rings. The SMILES string of the molecule is CCCCCCCCCCCCCCCCCCCCCCCCC(=O)O[C@H](COC(=O)CCCCCCCCCCCCCCCCC(C)C)COP(=O)(O)OC[C@@H](O)COP(=O)(O)OC[C@@H](COC(=O)CCCCCCCCC(C)C)OC(=O)CCCCCCCCCC(C)C. The van der Waals surface area contributed by atoms with E-state index in [1.165, 1.54) is 212 Å². The zero-order valence-corrected chi connectivity index (χ0v) is 66.0. The van der Waals surface area contributed by atoms with Gasteiger partial charge in [-0.3, -0.25) is 37.3 Å². The third-order valence-electron chi connectivity index (χ3n) is 18.4. The number of phosphoric ester groups is 2. The van der Waals surface area contributed by atoms with Gasteiger partial charge < -0.3 is 33.8 Å². The van der Waals surface area contributed by atoms with Gasteiger partial charge in [-0.15, -0.1) is 0 Å². The van der Waals surface area contributed by atoms with Gasteiger partial charge >= 0.3 is 39.5 Å². The van der Waals surface area contributed by atoms with Gasteiger partial charge in [0.05, 0.1) is 26.4 Å². The number of rotatable bonds is 77. The molecule has 0 rings (SSSR count). The van der Waals surface area contributed by atoms with Crippen LogP contribution < -0.4 is 0 Å². The minimum atomic E-state index is -4.96. The molecule has 2 unspecified atom stereocenters. The summed E-state index contributed by atoms with van der Waals surface area (Å²) in [4.78, 5) is 72.8. The molecule has 98 heavy (non-hydrogen) atoms. The van der Waals surface area contributed by atoms with Crippen LogP contribution in [-0.4, -0.2) is 96.7 Å². The summed E-state index contributed by atoms with van der Waals surface area (Å²) in [6.45, 7) is 11.8. The van der Waals surface area contributed by atoms with Crippen LogP contribution in [0.2, 0.25) is 0 Å². The van der Waals surface area contributed by atoms with Gasteiger partial charge in [-0.1, -0.05) is 357 Å². The van der Waals surface area contributed by atoms with Crippen LogP contribution in [0, 0.1) is 17.8 Å². The highest BCUT2D eigenvalue weighted by Crippen LogP contribution is 2.45. The Morgan fingerprint density at radius 3 is 0.694 bits per heavy atom. The second-order valence-corrected chi connectivity index (χ2v) is 32.8. The number of aliphatic hydroxyl groups excluding tert-OH is 1. The number of carbonyl (C=O) groups is 4. The van der Waals surface area contributed by atoms with Crippen molar-refractivity contribution in [2.45, 2.75) is 426 Å². The maximum absolute atomic E-state index is 13.1. The molecule has 0 aromatic heterocycles. The largest absolute Gasteiger partial charge is 0.472 e. The normalized spacial score (nSPS) is 14.0. The first-order valence-corrected chi connectivity index (χ1v) is 43.8. The van der Waals surface area contributed by atoms with Crippen LogP contribution in [0.3, 0.4) is 0 Å². The summed E-state index contributed by atoms with van der Waals surface area (Å²) in [6, 6.07) is 0. The minimum Gasteiger partial charge on any atom is -0.462 e. The van der Waals surface area contributed by atoms with E-state index in [9.17, 15) is 43.2 Å². The summed E-state index contributed by atoms with van der Waals surface area (Å²) >= 11 is 0. The fourth-order valence-corrected chi connectivity index (χ4v) is 13.7. The first-order valence-electron chi connectivity index (χ1n) is 40.8. The lowest BCUT2D eigenvalue weighted by molar-refractivity contribution is -0.161. The van der Waals surface area contributed by atoms with Gasteiger partial charge in [0.25, 0.3) is 0 Å². The highest BCUT2D eigenvalue weighted by molar-refractivity contribution is 7.47. The zero-order valence-electron chi connectivity index (χ0n) is 64.3. The molecule has 0 aromatic carbocycles. The summed E-state index contributed by atoms with van der Waals surface area (Å²) in [5.41, 5.74) is 0. The smallest absolute Gasteiger partial charge is 0.462 e. The van der Waals surface area contributed by atoms with Crippen molar-refractivity contribution in [2.24, 2.45) is 17.8 Å². The van der Waals surface area contributed by atoms with E-state index in [-0.39, 0.29) is 25.7 Å². The Bertz CT molecular complexity index is 1900. The number of phosphoric acid groups is 2. The number of hydrogen-bond acceptors (Lipinski definition) is 15. The first kappa shape index (κ1) is 96.1. The highest BCUT2D eigenvalue weighted by atomic mass is 31.2. The van der Waals surface area contributed by atoms with E-state index < -0.39 is 97.5 Å². The molecule has 582 valence electrons. The molecule has 0 aliphatic rings. The van der Waals surface area contributed by atoms with Crippen molar-refractivity contribution in [2.75, 3.05) is 39.6 Å². The van der Waals surface area contributed by atoms with Crippen molar-refractivity contribution >= 4 is 39.5 Å². The lowest BCUT2D eigenvalue weighted by atomic mass is 10.0. The number of unbranched alkanes of at least 4 members (excludes halogenated alkanes) is 45. The molecule has 0 amide bonds. The molecule has 0 radical (unpaired) electrons. The van der Waals surface area contributed by atoms with Crippen LogP contribution in [0.15, 0.2) is 0 Å². The van der Waals surface area contributed by atoms with Gasteiger partial charge in [0.15, 0.2) is 12.2 Å². The number of esters is 4. The summed E-state index contributed by atoms with van der Waals surface area (Å²) in [6.07, 6.45) is 57.4. The molecule has 17 nitrogen and oxygen atoms in total. The van der Waals surface area contributed by atoms with Crippen molar-refractivity contribution in [1.29, 1.82) is 0 Å². The van der Waals surface area contributed by atoms with Crippen molar-refractivity contribution in [3.63, 3.8) is 0 Å². The van der Waals surface area contributed by atoms with Crippen LogP contribution in [0.4, 0.5) is 0 Å². The second kappa shape index (κ2) is 69.4. The molecule has 3 N–H and O–H groups in total. The second-order valence-electron chi connectivity index (χ2n) is 29.9. The van der Waals surface area contributed by atoms with Gasteiger partial charge in [0.2, 0.25) is 0 Å². The molecule has 0 saturated carbocycles. The maximum Gasteiger partial charge on any atom is 0.472 e. The summed E-state index contributed by atoms with van der Waals surface area (Å²) in [5.74, 6) is 0.0535. The van der Waals surface area contributed by atoms with E-state index in [1.807, 2.05) is 0 Å². The van der Waals surface area contributed by atoms with Gasteiger partial charge in [0.1, 0.15) is 19.3 Å². The third kappa shape index (κ3) is 72.4. The molecular weight excluding hydrogens is 1280 g/mol. The Morgan fingerprint density at radius 1 is 0.276 bits per heavy atom. The first-order chi connectivity index (χ1) is 47.2. The number of ether oxygens (including phenoxy) is 4. The van der Waals surface area contributed by atoms with Crippen LogP contribution in [0.1, 0.15) is 408 Å². The monoisotopic (exact) mass is 1440 g/mol. The van der Waals surface area contributed by atoms with Crippen LogP contribution in [0.5, 0.6) is 0 Å². The third-order valence-corrected chi connectivity index (χ3v) is 20.3. The fourth-order valence-electron chi connectivity index (χ4n) is 12.1. The lowest BCUT2D eigenvalue weighted by Gasteiger charge is -2.21. The van der Waals surface area contributed by atoms with Gasteiger partial charge in [-0.25, -0.2) is 9.13 Å². The Balaban J connectivity index is 5.17. The van der Waals surface area contributed by atoms with E-state index >= 15 is 0 Å². The van der Waals surface area contributed by atoms with Crippen LogP contribution in [0.25, 0.3) is 0 Å². The molecule has 0 spiro atoms. The van der Waals surface area contributed by atoms with E-state index in [0.29, 0.717) is 37.5 Å². The van der Waals surface area contributed by atoms with Crippen molar-refractivity contribution in [1.82, 2.24) is 0 Å². The zero-order chi connectivity index (χ0) is 72.3. The van der Waals surface area contributed by atoms with E-state index in [2.05, 4.69) is 48.5 Å². The van der Waals surface area contributed by atoms with E-state index in [4.69, 9.17) is 37.0 Å². The standard InChI is InChI=1S/C79H154O17P2/c1-8-9-10-11-12-13-14-15-16-17-18-19-20-21-22-23-28-31-34-39-48-55-62-78(83)95-74(66-89-76(81)60-53-46-38-33-30-27-25-24-26-29-32-36-43-50-57-70(2)3)68-93-97(85,86)91-64-73(80)65-92-98(87,88)94-69-75(67-90-77(82)61-54-47-42-41-45-52-59-72(6)7)96-79(84)63-56-49-40-35-37-44-51-58-71(4)5/h70-75,80H,8-69H2,1-7H3,(H,85,86)(H,87,88)/t73-,74-,75-/m1/s1. The number of aliphatic hydroxyl groups is 1. The van der Waals surface area contributed by atoms with Crippen LogP contribution >= 0.6 is 15.6 Å². The van der Waals surface area contributed by atoms with Crippen molar-refractivity contribution < 1.29 is 80.2 Å². The Kier molecular flexibility index (Phi) is 68.1. The van der Waals surface area contributed by atoms with Gasteiger partial charge in [-0.2, -0.15) is 0 Å². The maximum atomic E-state index is 13.1. The molecule has 5 atom stereocenters. The van der Waals surface area contributed by atoms with Crippen LogP contribution in [-0.2, 0) is 65.4 Å². The van der Waals surface area contributed by atoms with E-state index in [0.717, 1.165) is 102 Å². The highest BCUT2D eigenvalue weighted by Gasteiger charge is 2.30. The molecule has 19 heteroatoms. The number of carbonyl (C=O) groups excluding carboxylic acids is 4. The topological polar surface area (TPSA) is 237 Å². The fraction of sp³-hybridized carbons (Fsp3) is 0.949. The molecule has 0 heterocycles. The summed E-state index contributed by atoms with van der Waals surface area (Å²) < 4.78 is 68.5. The van der Waals surface area contributed by atoms with Crippen molar-refractivity contribution in [3.8, 4) is 0 Å². The Labute approximate surface area is 600 Å². The average Bonchev–Trinajstić information content (AvgIpc) is 0.985. The molecular formula is C79H154O17P2.